The molecule has 0 saturated carbocycles. The van der Waals surface area contributed by atoms with Gasteiger partial charge in [0.25, 0.3) is 5.91 Å². The Morgan fingerprint density at radius 1 is 1.50 bits per heavy atom. The van der Waals surface area contributed by atoms with Crippen molar-refractivity contribution in [3.8, 4) is 0 Å². The molecule has 0 aliphatic heterocycles. The molecule has 2 aromatic rings. The lowest BCUT2D eigenvalue weighted by atomic mass is 10.2. The summed E-state index contributed by atoms with van der Waals surface area (Å²) in [5.41, 5.74) is 0.540. The number of amides is 1. The van der Waals surface area contributed by atoms with Gasteiger partial charge < -0.3 is 4.90 Å². The fourth-order valence-corrected chi connectivity index (χ4v) is 2.56. The highest BCUT2D eigenvalue weighted by Gasteiger charge is 2.13. The molecule has 0 N–H and O–H groups in total. The van der Waals surface area contributed by atoms with E-state index in [1.54, 1.807) is 41.6 Å². The van der Waals surface area contributed by atoms with Gasteiger partial charge in [0.1, 0.15) is 5.15 Å². The number of nitrogens with zero attached hydrogens (tertiary/aromatic N) is 3. The minimum Gasteiger partial charge on any atom is -0.337 e. The maximum Gasteiger partial charge on any atom is 0.254 e. The van der Waals surface area contributed by atoms with Crippen molar-refractivity contribution < 1.29 is 4.79 Å². The van der Waals surface area contributed by atoms with Crippen molar-refractivity contribution in [1.82, 2.24) is 14.9 Å². The molecule has 0 spiro atoms. The first-order valence-corrected chi connectivity index (χ1v) is 6.54. The van der Waals surface area contributed by atoms with E-state index in [2.05, 4.69) is 9.97 Å². The number of halogens is 1. The zero-order valence-corrected chi connectivity index (χ0v) is 11.6. The molecule has 0 atom stereocenters. The Hall–Kier alpha value is -1.46. The van der Waals surface area contributed by atoms with Crippen molar-refractivity contribution in [2.45, 2.75) is 13.5 Å². The average Bonchev–Trinajstić information content (AvgIpc) is 2.73. The first-order valence-electron chi connectivity index (χ1n) is 5.34. The summed E-state index contributed by atoms with van der Waals surface area (Å²) in [6.45, 7) is 2.49. The highest BCUT2D eigenvalue weighted by molar-refractivity contribution is 7.11. The van der Waals surface area contributed by atoms with Crippen LogP contribution in [-0.4, -0.2) is 27.8 Å². The summed E-state index contributed by atoms with van der Waals surface area (Å²) < 4.78 is 0. The number of hydrogen-bond acceptors (Lipinski definition) is 4. The molecule has 0 saturated heterocycles. The smallest absolute Gasteiger partial charge is 0.254 e. The van der Waals surface area contributed by atoms with Crippen LogP contribution in [0.25, 0.3) is 0 Å². The SMILES string of the molecule is Cc1ncc(CN(C)C(=O)c2ccnc(Cl)c2)s1. The van der Waals surface area contributed by atoms with Gasteiger partial charge in [-0.25, -0.2) is 9.97 Å². The summed E-state index contributed by atoms with van der Waals surface area (Å²) in [7, 11) is 1.76. The van der Waals surface area contributed by atoms with E-state index >= 15 is 0 Å². The molecule has 2 heterocycles. The Morgan fingerprint density at radius 2 is 2.28 bits per heavy atom. The van der Waals surface area contributed by atoms with Crippen molar-refractivity contribution in [2.24, 2.45) is 0 Å². The Kier molecular flexibility index (Phi) is 3.93. The van der Waals surface area contributed by atoms with Gasteiger partial charge in [-0.1, -0.05) is 11.6 Å². The third kappa shape index (κ3) is 3.05. The molecule has 2 rings (SSSR count). The number of hydrogen-bond donors (Lipinski definition) is 0. The Labute approximate surface area is 114 Å². The average molecular weight is 282 g/mol. The Bertz CT molecular complexity index is 570. The van der Waals surface area contributed by atoms with Crippen LogP contribution in [0.5, 0.6) is 0 Å². The number of thiazole rings is 1. The molecule has 4 nitrogen and oxygen atoms in total. The quantitative estimate of drug-likeness (QED) is 0.813. The fraction of sp³-hybridized carbons (Fsp3) is 0.250. The van der Waals surface area contributed by atoms with Gasteiger partial charge in [-0.3, -0.25) is 4.79 Å². The van der Waals surface area contributed by atoms with Crippen LogP contribution >= 0.6 is 22.9 Å². The maximum atomic E-state index is 12.1. The highest BCUT2D eigenvalue weighted by Crippen LogP contribution is 2.15. The largest absolute Gasteiger partial charge is 0.337 e. The van der Waals surface area contributed by atoms with Crippen LogP contribution in [-0.2, 0) is 6.54 Å². The monoisotopic (exact) mass is 281 g/mol. The van der Waals surface area contributed by atoms with Crippen molar-refractivity contribution in [2.75, 3.05) is 7.05 Å². The van der Waals surface area contributed by atoms with E-state index in [9.17, 15) is 4.79 Å². The van der Waals surface area contributed by atoms with E-state index in [1.807, 2.05) is 6.92 Å². The summed E-state index contributed by atoms with van der Waals surface area (Å²) in [4.78, 5) is 22.8. The molecule has 18 heavy (non-hydrogen) atoms. The topological polar surface area (TPSA) is 46.1 Å². The molecule has 0 aliphatic carbocycles. The van der Waals surface area contributed by atoms with E-state index in [4.69, 9.17) is 11.6 Å². The predicted octanol–water partition coefficient (Wildman–Crippen LogP) is 2.77. The molecule has 0 bridgehead atoms. The summed E-state index contributed by atoms with van der Waals surface area (Å²) in [5, 5.41) is 1.32. The third-order valence-electron chi connectivity index (χ3n) is 2.38. The number of carbonyl (C=O) groups excluding carboxylic acids is 1. The van der Waals surface area contributed by atoms with Gasteiger partial charge in [0.05, 0.1) is 11.6 Å². The Morgan fingerprint density at radius 3 is 2.89 bits per heavy atom. The van der Waals surface area contributed by atoms with Gasteiger partial charge in [0.15, 0.2) is 0 Å². The van der Waals surface area contributed by atoms with E-state index in [0.29, 0.717) is 17.3 Å². The number of carbonyl (C=O) groups is 1. The molecule has 6 heteroatoms. The molecular weight excluding hydrogens is 270 g/mol. The Balaban J connectivity index is 2.09. The van der Waals surface area contributed by atoms with Gasteiger partial charge in [-0.2, -0.15) is 0 Å². The van der Waals surface area contributed by atoms with Crippen LogP contribution in [0.3, 0.4) is 0 Å². The van der Waals surface area contributed by atoms with Crippen molar-refractivity contribution in [3.63, 3.8) is 0 Å². The van der Waals surface area contributed by atoms with Gasteiger partial charge in [0, 0.05) is 29.9 Å². The number of aromatic nitrogens is 2. The van der Waals surface area contributed by atoms with Crippen LogP contribution in [0.1, 0.15) is 20.2 Å². The van der Waals surface area contributed by atoms with E-state index in [1.165, 1.54) is 6.20 Å². The second-order valence-corrected chi connectivity index (χ2v) is 5.58. The van der Waals surface area contributed by atoms with Crippen molar-refractivity contribution >= 4 is 28.8 Å². The molecule has 0 aromatic carbocycles. The lowest BCUT2D eigenvalue weighted by Crippen LogP contribution is -2.25. The predicted molar refractivity (Wildman–Crippen MR) is 71.9 cm³/mol. The van der Waals surface area contributed by atoms with Crippen LogP contribution in [0.4, 0.5) is 0 Å². The van der Waals surface area contributed by atoms with Gasteiger partial charge in [-0.15, -0.1) is 11.3 Å². The van der Waals surface area contributed by atoms with E-state index in [0.717, 1.165) is 9.88 Å². The zero-order valence-electron chi connectivity index (χ0n) is 10.1. The fourth-order valence-electron chi connectivity index (χ4n) is 1.54. The van der Waals surface area contributed by atoms with Crippen LogP contribution < -0.4 is 0 Å². The molecule has 0 fully saturated rings. The number of pyridine rings is 1. The second kappa shape index (κ2) is 5.46. The second-order valence-electron chi connectivity index (χ2n) is 3.87. The minimum atomic E-state index is -0.0784. The lowest BCUT2D eigenvalue weighted by Gasteiger charge is -2.15. The maximum absolute atomic E-state index is 12.1. The van der Waals surface area contributed by atoms with Crippen molar-refractivity contribution in [3.05, 3.63) is 45.1 Å². The summed E-state index contributed by atoms with van der Waals surface area (Å²) in [6, 6.07) is 3.22. The van der Waals surface area contributed by atoms with Gasteiger partial charge in [-0.05, 0) is 19.1 Å². The lowest BCUT2D eigenvalue weighted by molar-refractivity contribution is 0.0786. The third-order valence-corrected chi connectivity index (χ3v) is 3.49. The first-order chi connectivity index (χ1) is 8.56. The number of rotatable bonds is 3. The van der Waals surface area contributed by atoms with Crippen LogP contribution in [0, 0.1) is 6.92 Å². The highest BCUT2D eigenvalue weighted by atomic mass is 35.5. The molecule has 1 amide bonds. The first kappa shape index (κ1) is 13.0. The zero-order chi connectivity index (χ0) is 13.1. The standard InChI is InChI=1S/C12H12ClN3OS/c1-8-15-6-10(18-8)7-16(2)12(17)9-3-4-14-11(13)5-9/h3-6H,7H2,1-2H3. The molecule has 0 radical (unpaired) electrons. The molecule has 0 unspecified atom stereocenters. The van der Waals surface area contributed by atoms with Crippen LogP contribution in [0.2, 0.25) is 5.15 Å². The van der Waals surface area contributed by atoms with Crippen molar-refractivity contribution in [1.29, 1.82) is 0 Å². The van der Waals surface area contributed by atoms with E-state index < -0.39 is 0 Å². The van der Waals surface area contributed by atoms with Gasteiger partial charge in [0.2, 0.25) is 0 Å². The summed E-state index contributed by atoms with van der Waals surface area (Å²) in [6.07, 6.45) is 3.32. The molecular formula is C12H12ClN3OS. The molecule has 0 aliphatic rings. The minimum absolute atomic E-state index is 0.0784. The van der Waals surface area contributed by atoms with E-state index in [-0.39, 0.29) is 5.91 Å². The van der Waals surface area contributed by atoms with Gasteiger partial charge >= 0.3 is 0 Å². The molecule has 94 valence electrons. The molecule has 2 aromatic heterocycles. The normalized spacial score (nSPS) is 10.4. The van der Waals surface area contributed by atoms with Crippen LogP contribution in [0.15, 0.2) is 24.5 Å². The number of aryl methyl sites for hydroxylation is 1. The summed E-state index contributed by atoms with van der Waals surface area (Å²) >= 11 is 7.36. The summed E-state index contributed by atoms with van der Waals surface area (Å²) in [5.74, 6) is -0.0784.